The number of thiophene rings is 1. The molecule has 130 valence electrons. The zero-order chi connectivity index (χ0) is 18.1. The minimum Gasteiger partial charge on any atom is -0.322 e. The number of rotatable bonds is 4. The molecule has 0 aliphatic rings. The second-order valence-corrected chi connectivity index (χ2v) is 7.06. The molecule has 0 saturated heterocycles. The molecule has 0 fully saturated rings. The summed E-state index contributed by atoms with van der Waals surface area (Å²) in [7, 11) is 0. The van der Waals surface area contributed by atoms with Gasteiger partial charge >= 0.3 is 0 Å². The molecule has 1 aromatic carbocycles. The largest absolute Gasteiger partial charge is 0.322 e. The lowest BCUT2D eigenvalue weighted by atomic mass is 10.2. The van der Waals surface area contributed by atoms with Crippen LogP contribution in [0.2, 0.25) is 0 Å². The van der Waals surface area contributed by atoms with Crippen molar-refractivity contribution >= 4 is 45.7 Å². The molecule has 0 aliphatic heterocycles. The van der Waals surface area contributed by atoms with Gasteiger partial charge in [0.1, 0.15) is 22.8 Å². The molecule has 0 radical (unpaired) electrons. The first-order valence-electron chi connectivity index (χ1n) is 7.79. The topological polar surface area (TPSA) is 89.8 Å². The Hall–Kier alpha value is -2.91. The van der Waals surface area contributed by atoms with Gasteiger partial charge in [-0.3, -0.25) is 9.59 Å². The summed E-state index contributed by atoms with van der Waals surface area (Å²) in [5.74, 6) is -0.344. The SMILES string of the molecule is CC(C(=O)Nc1cccc2nsnc12)n1nc(-c2cccs2)ccc1=O. The third-order valence-electron chi connectivity index (χ3n) is 3.89. The number of hydrogen-bond acceptors (Lipinski definition) is 7. The zero-order valence-electron chi connectivity index (χ0n) is 13.6. The Morgan fingerprint density at radius 2 is 2.04 bits per heavy atom. The molecular formula is C17H13N5O2S2. The lowest BCUT2D eigenvalue weighted by Crippen LogP contribution is -2.33. The van der Waals surface area contributed by atoms with Crippen LogP contribution in [-0.4, -0.2) is 24.4 Å². The zero-order valence-corrected chi connectivity index (χ0v) is 15.3. The van der Waals surface area contributed by atoms with Crippen LogP contribution in [0.3, 0.4) is 0 Å². The van der Waals surface area contributed by atoms with Gasteiger partial charge in [-0.2, -0.15) is 13.8 Å². The van der Waals surface area contributed by atoms with Crippen molar-refractivity contribution in [2.45, 2.75) is 13.0 Å². The average Bonchev–Trinajstić information content (AvgIpc) is 3.33. The van der Waals surface area contributed by atoms with E-state index < -0.39 is 6.04 Å². The van der Waals surface area contributed by atoms with Gasteiger partial charge in [-0.25, -0.2) is 4.68 Å². The number of carbonyl (C=O) groups is 1. The second kappa shape index (κ2) is 6.77. The van der Waals surface area contributed by atoms with E-state index in [0.29, 0.717) is 16.9 Å². The fraction of sp³-hybridized carbons (Fsp3) is 0.118. The normalized spacial score (nSPS) is 12.2. The highest BCUT2D eigenvalue weighted by Gasteiger charge is 2.19. The summed E-state index contributed by atoms with van der Waals surface area (Å²) >= 11 is 2.61. The summed E-state index contributed by atoms with van der Waals surface area (Å²) in [6.07, 6.45) is 0. The van der Waals surface area contributed by atoms with Gasteiger partial charge in [0.05, 0.1) is 22.3 Å². The molecular weight excluding hydrogens is 370 g/mol. The Morgan fingerprint density at radius 1 is 1.15 bits per heavy atom. The number of fused-ring (bicyclic) bond motifs is 1. The lowest BCUT2D eigenvalue weighted by Gasteiger charge is -2.14. The number of anilines is 1. The maximum atomic E-state index is 12.7. The molecule has 4 aromatic rings. The molecule has 0 saturated carbocycles. The summed E-state index contributed by atoms with van der Waals surface area (Å²) in [4.78, 5) is 25.8. The standard InChI is InChI=1S/C17H13N5O2S2/c1-10(17(24)18-12-4-2-5-13-16(12)21-26-20-13)22-15(23)8-7-11(19-22)14-6-3-9-25-14/h2-10H,1H3,(H,18,24). The Labute approximate surface area is 156 Å². The lowest BCUT2D eigenvalue weighted by molar-refractivity contribution is -0.119. The van der Waals surface area contributed by atoms with Crippen molar-refractivity contribution in [3.63, 3.8) is 0 Å². The average molecular weight is 383 g/mol. The first kappa shape index (κ1) is 16.6. The first-order valence-corrected chi connectivity index (χ1v) is 9.40. The number of aromatic nitrogens is 4. The summed E-state index contributed by atoms with van der Waals surface area (Å²) in [6, 6.07) is 11.5. The number of benzene rings is 1. The van der Waals surface area contributed by atoms with Gasteiger partial charge in [-0.05, 0) is 36.6 Å². The van der Waals surface area contributed by atoms with Crippen LogP contribution in [0.25, 0.3) is 21.6 Å². The van der Waals surface area contributed by atoms with Crippen LogP contribution in [0.5, 0.6) is 0 Å². The van der Waals surface area contributed by atoms with E-state index >= 15 is 0 Å². The highest BCUT2D eigenvalue weighted by Crippen LogP contribution is 2.23. The molecule has 9 heteroatoms. The molecule has 1 amide bonds. The van der Waals surface area contributed by atoms with E-state index in [0.717, 1.165) is 22.1 Å². The molecule has 1 atom stereocenters. The van der Waals surface area contributed by atoms with Crippen LogP contribution in [-0.2, 0) is 4.79 Å². The Morgan fingerprint density at radius 3 is 2.85 bits per heavy atom. The molecule has 3 heterocycles. The molecule has 1 N–H and O–H groups in total. The van der Waals surface area contributed by atoms with Gasteiger partial charge in [-0.15, -0.1) is 11.3 Å². The summed E-state index contributed by atoms with van der Waals surface area (Å²) in [5.41, 5.74) is 2.24. The quantitative estimate of drug-likeness (QED) is 0.585. The van der Waals surface area contributed by atoms with Crippen LogP contribution in [0.15, 0.2) is 52.6 Å². The predicted molar refractivity (Wildman–Crippen MR) is 103 cm³/mol. The van der Waals surface area contributed by atoms with E-state index in [1.54, 1.807) is 25.1 Å². The van der Waals surface area contributed by atoms with Gasteiger partial charge in [0, 0.05) is 6.07 Å². The maximum absolute atomic E-state index is 12.7. The van der Waals surface area contributed by atoms with Crippen molar-refractivity contribution in [1.82, 2.24) is 18.5 Å². The van der Waals surface area contributed by atoms with Gasteiger partial charge in [0.15, 0.2) is 0 Å². The predicted octanol–water partition coefficient (Wildman–Crippen LogP) is 3.18. The van der Waals surface area contributed by atoms with Crippen LogP contribution in [0.1, 0.15) is 13.0 Å². The van der Waals surface area contributed by atoms with Gasteiger partial charge < -0.3 is 5.32 Å². The maximum Gasteiger partial charge on any atom is 0.267 e. The summed E-state index contributed by atoms with van der Waals surface area (Å²) < 4.78 is 9.56. The van der Waals surface area contributed by atoms with E-state index in [1.165, 1.54) is 22.1 Å². The van der Waals surface area contributed by atoms with E-state index in [9.17, 15) is 9.59 Å². The van der Waals surface area contributed by atoms with Gasteiger partial charge in [0.2, 0.25) is 5.91 Å². The molecule has 4 rings (SSSR count). The fourth-order valence-corrected chi connectivity index (χ4v) is 3.75. The number of amides is 1. The number of nitrogens with one attached hydrogen (secondary N) is 1. The summed E-state index contributed by atoms with van der Waals surface area (Å²) in [6.45, 7) is 1.64. The molecule has 7 nitrogen and oxygen atoms in total. The number of nitrogens with zero attached hydrogens (tertiary/aromatic N) is 4. The highest BCUT2D eigenvalue weighted by atomic mass is 32.1. The molecule has 3 aromatic heterocycles. The van der Waals surface area contributed by atoms with Gasteiger partial charge in [-0.1, -0.05) is 12.1 Å². The van der Waals surface area contributed by atoms with Crippen molar-refractivity contribution in [1.29, 1.82) is 0 Å². The number of hydrogen-bond donors (Lipinski definition) is 1. The van der Waals surface area contributed by atoms with E-state index in [4.69, 9.17) is 0 Å². The summed E-state index contributed by atoms with van der Waals surface area (Å²) in [5, 5.41) is 9.11. The van der Waals surface area contributed by atoms with Crippen molar-refractivity contribution < 1.29 is 4.79 Å². The molecule has 1 unspecified atom stereocenters. The number of carbonyl (C=O) groups excluding carboxylic acids is 1. The smallest absolute Gasteiger partial charge is 0.267 e. The fourth-order valence-electron chi connectivity index (χ4n) is 2.51. The Kier molecular flexibility index (Phi) is 4.31. The van der Waals surface area contributed by atoms with E-state index in [1.807, 2.05) is 23.6 Å². The third-order valence-corrected chi connectivity index (χ3v) is 5.32. The minimum atomic E-state index is -0.774. The van der Waals surface area contributed by atoms with Crippen LogP contribution in [0, 0.1) is 0 Å². The van der Waals surface area contributed by atoms with Crippen LogP contribution >= 0.6 is 23.1 Å². The van der Waals surface area contributed by atoms with E-state index in [2.05, 4.69) is 19.2 Å². The van der Waals surface area contributed by atoms with Crippen molar-refractivity contribution in [2.75, 3.05) is 5.32 Å². The highest BCUT2D eigenvalue weighted by molar-refractivity contribution is 7.13. The molecule has 0 spiro atoms. The van der Waals surface area contributed by atoms with Crippen LogP contribution < -0.4 is 10.9 Å². The third kappa shape index (κ3) is 3.02. The molecule has 0 bridgehead atoms. The van der Waals surface area contributed by atoms with Crippen molar-refractivity contribution in [3.8, 4) is 10.6 Å². The Bertz CT molecular complexity index is 1130. The molecule has 26 heavy (non-hydrogen) atoms. The van der Waals surface area contributed by atoms with Crippen LogP contribution in [0.4, 0.5) is 5.69 Å². The minimum absolute atomic E-state index is 0.332. The van der Waals surface area contributed by atoms with Crippen molar-refractivity contribution in [2.24, 2.45) is 0 Å². The van der Waals surface area contributed by atoms with Gasteiger partial charge in [0.25, 0.3) is 5.56 Å². The Balaban J connectivity index is 1.64. The second-order valence-electron chi connectivity index (χ2n) is 5.58. The first-order chi connectivity index (χ1) is 12.6. The monoisotopic (exact) mass is 383 g/mol. The molecule has 0 aliphatic carbocycles. The van der Waals surface area contributed by atoms with E-state index in [-0.39, 0.29) is 11.5 Å². The van der Waals surface area contributed by atoms with Crippen molar-refractivity contribution in [3.05, 3.63) is 58.2 Å².